The SMILES string of the molecule is COc1ccc(-c2cnc(N)c(SC)n2)cc1. The highest BCUT2D eigenvalue weighted by Crippen LogP contribution is 2.24. The Bertz CT molecular complexity index is 514. The minimum atomic E-state index is 0.467. The quantitative estimate of drug-likeness (QED) is 0.844. The monoisotopic (exact) mass is 247 g/mol. The number of nitrogens with zero attached hydrogens (tertiary/aromatic N) is 2. The molecular formula is C12H13N3OS. The molecule has 0 amide bonds. The molecule has 0 saturated heterocycles. The van der Waals surface area contributed by atoms with E-state index >= 15 is 0 Å². The van der Waals surface area contributed by atoms with Gasteiger partial charge in [0.25, 0.3) is 0 Å². The van der Waals surface area contributed by atoms with Gasteiger partial charge < -0.3 is 10.5 Å². The first-order chi connectivity index (χ1) is 8.24. The smallest absolute Gasteiger partial charge is 0.156 e. The molecule has 1 aromatic carbocycles. The number of hydrogen-bond donors (Lipinski definition) is 1. The molecule has 4 nitrogen and oxygen atoms in total. The first-order valence-electron chi connectivity index (χ1n) is 5.05. The van der Waals surface area contributed by atoms with Crippen LogP contribution in [-0.4, -0.2) is 23.3 Å². The number of anilines is 1. The van der Waals surface area contributed by atoms with Gasteiger partial charge in [-0.05, 0) is 30.5 Å². The van der Waals surface area contributed by atoms with Crippen LogP contribution in [0.25, 0.3) is 11.3 Å². The largest absolute Gasteiger partial charge is 0.497 e. The molecule has 0 aliphatic carbocycles. The van der Waals surface area contributed by atoms with Crippen LogP contribution in [0, 0.1) is 0 Å². The van der Waals surface area contributed by atoms with Gasteiger partial charge in [0.2, 0.25) is 0 Å². The summed E-state index contributed by atoms with van der Waals surface area (Å²) in [6.07, 6.45) is 3.61. The third-order valence-corrected chi connectivity index (χ3v) is 3.03. The van der Waals surface area contributed by atoms with Crippen LogP contribution in [0.4, 0.5) is 5.82 Å². The van der Waals surface area contributed by atoms with Gasteiger partial charge in [0.05, 0.1) is 19.0 Å². The average Bonchev–Trinajstić information content (AvgIpc) is 2.39. The van der Waals surface area contributed by atoms with Crippen molar-refractivity contribution in [2.45, 2.75) is 5.03 Å². The fourth-order valence-electron chi connectivity index (χ4n) is 1.43. The van der Waals surface area contributed by atoms with Crippen LogP contribution in [0.1, 0.15) is 0 Å². The summed E-state index contributed by atoms with van der Waals surface area (Å²) in [5, 5.41) is 0.748. The summed E-state index contributed by atoms with van der Waals surface area (Å²) in [6.45, 7) is 0. The van der Waals surface area contributed by atoms with Crippen molar-refractivity contribution >= 4 is 17.6 Å². The molecule has 1 heterocycles. The van der Waals surface area contributed by atoms with Gasteiger partial charge in [-0.15, -0.1) is 11.8 Å². The Labute approximate surface area is 104 Å². The van der Waals surface area contributed by atoms with Gasteiger partial charge in [0.15, 0.2) is 5.82 Å². The summed E-state index contributed by atoms with van der Waals surface area (Å²) in [7, 11) is 1.64. The summed E-state index contributed by atoms with van der Waals surface area (Å²) in [4.78, 5) is 8.58. The molecule has 2 N–H and O–H groups in total. The van der Waals surface area contributed by atoms with E-state index in [1.54, 1.807) is 13.3 Å². The Morgan fingerprint density at radius 2 is 1.94 bits per heavy atom. The van der Waals surface area contributed by atoms with E-state index in [9.17, 15) is 0 Å². The maximum absolute atomic E-state index is 5.71. The standard InChI is InChI=1S/C12H13N3OS/c1-16-9-5-3-8(4-6-9)10-7-14-11(13)12(15-10)17-2/h3-7H,1-2H3,(H2,13,14). The molecule has 88 valence electrons. The van der Waals surface area contributed by atoms with Crippen LogP contribution < -0.4 is 10.5 Å². The van der Waals surface area contributed by atoms with E-state index in [2.05, 4.69) is 9.97 Å². The highest BCUT2D eigenvalue weighted by molar-refractivity contribution is 7.98. The van der Waals surface area contributed by atoms with E-state index in [1.165, 1.54) is 11.8 Å². The zero-order valence-corrected chi connectivity index (χ0v) is 10.5. The number of aromatic nitrogens is 2. The second-order valence-electron chi connectivity index (χ2n) is 3.38. The lowest BCUT2D eigenvalue weighted by Gasteiger charge is -2.05. The number of hydrogen-bond acceptors (Lipinski definition) is 5. The maximum Gasteiger partial charge on any atom is 0.156 e. The number of nitrogen functional groups attached to an aromatic ring is 1. The number of methoxy groups -OCH3 is 1. The minimum Gasteiger partial charge on any atom is -0.497 e. The van der Waals surface area contributed by atoms with Crippen molar-refractivity contribution in [2.75, 3.05) is 19.1 Å². The van der Waals surface area contributed by atoms with E-state index in [1.807, 2.05) is 30.5 Å². The highest BCUT2D eigenvalue weighted by Gasteiger charge is 2.05. The van der Waals surface area contributed by atoms with Gasteiger partial charge in [0, 0.05) is 5.56 Å². The van der Waals surface area contributed by atoms with Crippen molar-refractivity contribution in [3.8, 4) is 17.0 Å². The molecule has 0 atom stereocenters. The average molecular weight is 247 g/mol. The van der Waals surface area contributed by atoms with Crippen molar-refractivity contribution in [3.05, 3.63) is 30.5 Å². The summed E-state index contributed by atoms with van der Waals surface area (Å²) in [6, 6.07) is 7.69. The first-order valence-corrected chi connectivity index (χ1v) is 6.28. The number of ether oxygens (including phenoxy) is 1. The van der Waals surface area contributed by atoms with Crippen molar-refractivity contribution < 1.29 is 4.74 Å². The molecule has 0 bridgehead atoms. The van der Waals surface area contributed by atoms with Gasteiger partial charge >= 0.3 is 0 Å². The molecule has 2 aromatic rings. The number of thioether (sulfide) groups is 1. The van der Waals surface area contributed by atoms with Crippen LogP contribution in [0.15, 0.2) is 35.5 Å². The zero-order valence-electron chi connectivity index (χ0n) is 9.68. The fourth-order valence-corrected chi connectivity index (χ4v) is 1.88. The Morgan fingerprint density at radius 3 is 2.53 bits per heavy atom. The lowest BCUT2D eigenvalue weighted by molar-refractivity contribution is 0.415. The second-order valence-corrected chi connectivity index (χ2v) is 4.17. The zero-order chi connectivity index (χ0) is 12.3. The Balaban J connectivity index is 2.38. The number of benzene rings is 1. The van der Waals surface area contributed by atoms with E-state index in [-0.39, 0.29) is 0 Å². The van der Waals surface area contributed by atoms with E-state index in [4.69, 9.17) is 10.5 Å². The van der Waals surface area contributed by atoms with Crippen LogP contribution in [0.5, 0.6) is 5.75 Å². The summed E-state index contributed by atoms with van der Waals surface area (Å²) >= 11 is 1.49. The topological polar surface area (TPSA) is 61.0 Å². The normalized spacial score (nSPS) is 10.2. The fraction of sp³-hybridized carbons (Fsp3) is 0.167. The molecule has 0 aliphatic rings. The molecular weight excluding hydrogens is 234 g/mol. The molecule has 0 radical (unpaired) electrons. The molecule has 0 saturated carbocycles. The third kappa shape index (κ3) is 2.50. The molecule has 2 rings (SSSR count). The molecule has 5 heteroatoms. The van der Waals surface area contributed by atoms with Crippen LogP contribution in [-0.2, 0) is 0 Å². The predicted molar refractivity (Wildman–Crippen MR) is 70.2 cm³/mol. The van der Waals surface area contributed by atoms with Crippen molar-refractivity contribution in [2.24, 2.45) is 0 Å². The van der Waals surface area contributed by atoms with Crippen molar-refractivity contribution in [1.29, 1.82) is 0 Å². The van der Waals surface area contributed by atoms with Crippen LogP contribution in [0.2, 0.25) is 0 Å². The van der Waals surface area contributed by atoms with Gasteiger partial charge in [0.1, 0.15) is 10.8 Å². The number of nitrogens with two attached hydrogens (primary N) is 1. The molecule has 0 spiro atoms. The van der Waals surface area contributed by atoms with Gasteiger partial charge in [-0.25, -0.2) is 9.97 Å². The Hall–Kier alpha value is -1.75. The first kappa shape index (κ1) is 11.7. The lowest BCUT2D eigenvalue weighted by Crippen LogP contribution is -1.97. The van der Waals surface area contributed by atoms with E-state index < -0.39 is 0 Å². The lowest BCUT2D eigenvalue weighted by atomic mass is 10.1. The van der Waals surface area contributed by atoms with Crippen molar-refractivity contribution in [1.82, 2.24) is 9.97 Å². The molecule has 0 unspecified atom stereocenters. The van der Waals surface area contributed by atoms with E-state index in [0.717, 1.165) is 22.0 Å². The van der Waals surface area contributed by atoms with Crippen LogP contribution >= 0.6 is 11.8 Å². The molecule has 1 aromatic heterocycles. The van der Waals surface area contributed by atoms with Gasteiger partial charge in [-0.2, -0.15) is 0 Å². The summed E-state index contributed by atoms with van der Waals surface area (Å²) in [5.74, 6) is 1.29. The number of rotatable bonds is 3. The highest BCUT2D eigenvalue weighted by atomic mass is 32.2. The minimum absolute atomic E-state index is 0.467. The summed E-state index contributed by atoms with van der Waals surface area (Å²) < 4.78 is 5.11. The molecule has 0 aliphatic heterocycles. The van der Waals surface area contributed by atoms with Gasteiger partial charge in [-0.1, -0.05) is 0 Å². The van der Waals surface area contributed by atoms with Gasteiger partial charge in [-0.3, -0.25) is 0 Å². The molecule has 17 heavy (non-hydrogen) atoms. The predicted octanol–water partition coefficient (Wildman–Crippen LogP) is 2.46. The molecule has 0 fully saturated rings. The Morgan fingerprint density at radius 1 is 1.24 bits per heavy atom. The van der Waals surface area contributed by atoms with Crippen molar-refractivity contribution in [3.63, 3.8) is 0 Å². The maximum atomic E-state index is 5.71. The summed E-state index contributed by atoms with van der Waals surface area (Å²) in [5.41, 5.74) is 7.51. The van der Waals surface area contributed by atoms with Crippen LogP contribution in [0.3, 0.4) is 0 Å². The van der Waals surface area contributed by atoms with E-state index in [0.29, 0.717) is 5.82 Å². The Kier molecular flexibility index (Phi) is 3.49. The third-order valence-electron chi connectivity index (χ3n) is 2.35. The second kappa shape index (κ2) is 5.05.